The number of hydrogen-bond acceptors (Lipinski definition) is 2. The SMILES string of the molecule is CSCC(=O)NC(C)(CCl)CCl. The number of rotatable bonds is 5. The number of thioether (sulfide) groups is 1. The van der Waals surface area contributed by atoms with Crippen LogP contribution >= 0.6 is 35.0 Å². The maximum atomic E-state index is 11.1. The fraction of sp³-hybridized carbons (Fsp3) is 0.857. The van der Waals surface area contributed by atoms with E-state index in [1.165, 1.54) is 11.8 Å². The van der Waals surface area contributed by atoms with Crippen molar-refractivity contribution in [2.75, 3.05) is 23.8 Å². The lowest BCUT2D eigenvalue weighted by Gasteiger charge is -2.25. The van der Waals surface area contributed by atoms with E-state index in [1.54, 1.807) is 0 Å². The first-order valence-electron chi connectivity index (χ1n) is 3.50. The fourth-order valence-electron chi connectivity index (χ4n) is 0.606. The van der Waals surface area contributed by atoms with E-state index in [1.807, 2.05) is 13.2 Å². The van der Waals surface area contributed by atoms with E-state index in [4.69, 9.17) is 23.2 Å². The van der Waals surface area contributed by atoms with Crippen molar-refractivity contribution in [3.63, 3.8) is 0 Å². The summed E-state index contributed by atoms with van der Waals surface area (Å²) in [4.78, 5) is 11.1. The van der Waals surface area contributed by atoms with Crippen molar-refractivity contribution in [2.45, 2.75) is 12.5 Å². The summed E-state index contributed by atoms with van der Waals surface area (Å²) < 4.78 is 0. The van der Waals surface area contributed by atoms with Crippen LogP contribution in [0.1, 0.15) is 6.92 Å². The third kappa shape index (κ3) is 4.43. The van der Waals surface area contributed by atoms with Gasteiger partial charge in [-0.25, -0.2) is 0 Å². The van der Waals surface area contributed by atoms with Gasteiger partial charge < -0.3 is 5.32 Å². The Morgan fingerprint density at radius 3 is 2.33 bits per heavy atom. The first kappa shape index (κ1) is 12.4. The number of halogens is 2. The van der Waals surface area contributed by atoms with Gasteiger partial charge in [-0.3, -0.25) is 4.79 Å². The van der Waals surface area contributed by atoms with E-state index in [9.17, 15) is 4.79 Å². The first-order chi connectivity index (χ1) is 5.58. The van der Waals surface area contributed by atoms with Gasteiger partial charge in [0, 0.05) is 11.8 Å². The standard InChI is InChI=1S/C7H13Cl2NOS/c1-7(4-8,5-9)10-6(11)3-12-2/h3-5H2,1-2H3,(H,10,11). The second kappa shape index (κ2) is 5.95. The molecule has 1 amide bonds. The van der Waals surface area contributed by atoms with Gasteiger partial charge in [0.05, 0.1) is 11.3 Å². The lowest BCUT2D eigenvalue weighted by atomic mass is 10.1. The average molecular weight is 230 g/mol. The number of hydrogen-bond donors (Lipinski definition) is 1. The normalized spacial score (nSPS) is 11.3. The van der Waals surface area contributed by atoms with Gasteiger partial charge in [0.1, 0.15) is 0 Å². The highest BCUT2D eigenvalue weighted by Crippen LogP contribution is 2.09. The molecule has 0 aromatic rings. The van der Waals surface area contributed by atoms with Gasteiger partial charge in [-0.1, -0.05) is 0 Å². The first-order valence-corrected chi connectivity index (χ1v) is 5.96. The van der Waals surface area contributed by atoms with Crippen molar-refractivity contribution in [3.05, 3.63) is 0 Å². The van der Waals surface area contributed by atoms with Crippen LogP contribution < -0.4 is 5.32 Å². The highest BCUT2D eigenvalue weighted by Gasteiger charge is 2.23. The Bertz CT molecular complexity index is 150. The second-order valence-electron chi connectivity index (χ2n) is 2.81. The zero-order valence-electron chi connectivity index (χ0n) is 7.19. The summed E-state index contributed by atoms with van der Waals surface area (Å²) >= 11 is 12.8. The molecule has 0 radical (unpaired) electrons. The summed E-state index contributed by atoms with van der Waals surface area (Å²) in [5.74, 6) is 1.09. The topological polar surface area (TPSA) is 29.1 Å². The maximum absolute atomic E-state index is 11.1. The molecule has 5 heteroatoms. The van der Waals surface area contributed by atoms with E-state index in [0.717, 1.165) is 0 Å². The molecule has 0 atom stereocenters. The van der Waals surface area contributed by atoms with Gasteiger partial charge in [-0.05, 0) is 13.2 Å². The summed E-state index contributed by atoms with van der Waals surface area (Å²) in [6.45, 7) is 1.82. The molecule has 0 rings (SSSR count). The van der Waals surface area contributed by atoms with Gasteiger partial charge in [0.25, 0.3) is 0 Å². The molecule has 0 aromatic heterocycles. The van der Waals surface area contributed by atoms with Crippen LogP contribution in [0.5, 0.6) is 0 Å². The Hall–Kier alpha value is 0.400. The Balaban J connectivity index is 3.93. The summed E-state index contributed by atoms with van der Waals surface area (Å²) in [6.07, 6.45) is 1.87. The van der Waals surface area contributed by atoms with Crippen molar-refractivity contribution >= 4 is 40.9 Å². The van der Waals surface area contributed by atoms with E-state index >= 15 is 0 Å². The molecule has 0 saturated carbocycles. The molecular formula is C7H13Cl2NOS. The molecule has 0 spiro atoms. The van der Waals surface area contributed by atoms with Crippen molar-refractivity contribution < 1.29 is 4.79 Å². The minimum absolute atomic E-state index is 0.0219. The zero-order chi connectivity index (χ0) is 9.61. The third-order valence-electron chi connectivity index (χ3n) is 1.31. The van der Waals surface area contributed by atoms with Crippen molar-refractivity contribution in [1.29, 1.82) is 0 Å². The number of alkyl halides is 2. The van der Waals surface area contributed by atoms with E-state index in [-0.39, 0.29) is 5.91 Å². The third-order valence-corrected chi connectivity index (χ3v) is 3.04. The molecule has 2 nitrogen and oxygen atoms in total. The van der Waals surface area contributed by atoms with Crippen LogP contribution in [0, 0.1) is 0 Å². The second-order valence-corrected chi connectivity index (χ2v) is 4.21. The van der Waals surface area contributed by atoms with Crippen LogP contribution in [0.3, 0.4) is 0 Å². The largest absolute Gasteiger partial charge is 0.348 e. The highest BCUT2D eigenvalue weighted by molar-refractivity contribution is 7.99. The van der Waals surface area contributed by atoms with Crippen LogP contribution in [0.25, 0.3) is 0 Å². The van der Waals surface area contributed by atoms with Gasteiger partial charge in [0.2, 0.25) is 5.91 Å². The minimum atomic E-state index is -0.476. The number of carbonyl (C=O) groups excluding carboxylic acids is 1. The van der Waals surface area contributed by atoms with Crippen LogP contribution in [-0.4, -0.2) is 35.2 Å². The molecule has 0 aliphatic rings. The predicted molar refractivity (Wildman–Crippen MR) is 56.4 cm³/mol. The molecule has 72 valence electrons. The molecule has 0 heterocycles. The Kier molecular flexibility index (Phi) is 6.14. The lowest BCUT2D eigenvalue weighted by Crippen LogP contribution is -2.49. The highest BCUT2D eigenvalue weighted by atomic mass is 35.5. The molecule has 0 unspecified atom stereocenters. The number of amides is 1. The monoisotopic (exact) mass is 229 g/mol. The molecule has 0 bridgehead atoms. The fourth-order valence-corrected chi connectivity index (χ4v) is 1.36. The number of carbonyl (C=O) groups is 1. The Labute approximate surface area is 87.4 Å². The lowest BCUT2D eigenvalue weighted by molar-refractivity contribution is -0.119. The van der Waals surface area contributed by atoms with Crippen molar-refractivity contribution in [2.24, 2.45) is 0 Å². The molecule has 0 aromatic carbocycles. The van der Waals surface area contributed by atoms with Crippen LogP contribution in [0.2, 0.25) is 0 Å². The summed E-state index contributed by atoms with van der Waals surface area (Å²) in [6, 6.07) is 0. The molecule has 1 N–H and O–H groups in total. The van der Waals surface area contributed by atoms with Crippen LogP contribution in [0.15, 0.2) is 0 Å². The summed E-state index contributed by atoms with van der Waals surface area (Å²) in [5.41, 5.74) is -0.476. The van der Waals surface area contributed by atoms with E-state index in [0.29, 0.717) is 17.5 Å². The smallest absolute Gasteiger partial charge is 0.230 e. The molecule has 0 aliphatic heterocycles. The van der Waals surface area contributed by atoms with E-state index < -0.39 is 5.54 Å². The van der Waals surface area contributed by atoms with Crippen LogP contribution in [0.4, 0.5) is 0 Å². The van der Waals surface area contributed by atoms with Gasteiger partial charge in [-0.2, -0.15) is 11.8 Å². The van der Waals surface area contributed by atoms with Gasteiger partial charge >= 0.3 is 0 Å². The summed E-state index contributed by atoms with van der Waals surface area (Å²) in [5, 5.41) is 2.77. The maximum Gasteiger partial charge on any atom is 0.230 e. The van der Waals surface area contributed by atoms with Gasteiger partial charge in [0.15, 0.2) is 0 Å². The Morgan fingerprint density at radius 1 is 1.50 bits per heavy atom. The van der Waals surface area contributed by atoms with Gasteiger partial charge in [-0.15, -0.1) is 23.2 Å². The number of nitrogens with one attached hydrogen (secondary N) is 1. The summed E-state index contributed by atoms with van der Waals surface area (Å²) in [7, 11) is 0. The quantitative estimate of drug-likeness (QED) is 0.728. The molecule has 0 aliphatic carbocycles. The Morgan fingerprint density at radius 2 is 2.00 bits per heavy atom. The van der Waals surface area contributed by atoms with Crippen LogP contribution in [-0.2, 0) is 4.79 Å². The van der Waals surface area contributed by atoms with Crippen molar-refractivity contribution in [1.82, 2.24) is 5.32 Å². The predicted octanol–water partition coefficient (Wildman–Crippen LogP) is 1.70. The van der Waals surface area contributed by atoms with E-state index in [2.05, 4.69) is 5.32 Å². The molecule has 0 saturated heterocycles. The minimum Gasteiger partial charge on any atom is -0.348 e. The molecule has 12 heavy (non-hydrogen) atoms. The molecule has 0 fully saturated rings. The molecular weight excluding hydrogens is 217 g/mol. The zero-order valence-corrected chi connectivity index (χ0v) is 9.52. The average Bonchev–Trinajstić information content (AvgIpc) is 2.05. The van der Waals surface area contributed by atoms with Crippen molar-refractivity contribution in [3.8, 4) is 0 Å².